The summed E-state index contributed by atoms with van der Waals surface area (Å²) in [5.41, 5.74) is -0.963. The normalized spacial score (nSPS) is 10.7. The Morgan fingerprint density at radius 2 is 1.85 bits per heavy atom. The van der Waals surface area contributed by atoms with Crippen molar-refractivity contribution < 1.29 is 14.1 Å². The summed E-state index contributed by atoms with van der Waals surface area (Å²) in [5.74, 6) is 0.623. The maximum absolute atomic E-state index is 12.7. The molecule has 0 spiro atoms. The van der Waals surface area contributed by atoms with Gasteiger partial charge in [-0.25, -0.2) is 9.36 Å². The lowest BCUT2D eigenvalue weighted by Gasteiger charge is -2.10. The molecule has 0 N–H and O–H groups in total. The predicted octanol–water partition coefficient (Wildman–Crippen LogP) is 1.62. The standard InChI is InChI=1S/C17H15N3O6/c1-25-14-4-2-12(3-5-14)9-19-16(21)15(20(23)24)10-18(17(19)22)8-13-6-7-26-11-13/h2-7,10-11H,8-9H2,1H3. The summed E-state index contributed by atoms with van der Waals surface area (Å²) in [6.45, 7) is -0.0339. The third-order valence-corrected chi connectivity index (χ3v) is 3.85. The highest BCUT2D eigenvalue weighted by Crippen LogP contribution is 2.12. The summed E-state index contributed by atoms with van der Waals surface area (Å²) < 4.78 is 12.0. The Labute approximate surface area is 146 Å². The molecule has 3 aromatic rings. The second-order valence-electron chi connectivity index (χ2n) is 5.55. The average Bonchev–Trinajstić information content (AvgIpc) is 3.14. The molecular weight excluding hydrogens is 342 g/mol. The Balaban J connectivity index is 2.06. The van der Waals surface area contributed by atoms with Crippen LogP contribution in [0, 0.1) is 10.1 Å². The van der Waals surface area contributed by atoms with Gasteiger partial charge in [0.25, 0.3) is 0 Å². The smallest absolute Gasteiger partial charge is 0.350 e. The van der Waals surface area contributed by atoms with Crippen LogP contribution in [-0.4, -0.2) is 21.2 Å². The maximum atomic E-state index is 12.7. The highest BCUT2D eigenvalue weighted by molar-refractivity contribution is 5.28. The minimum absolute atomic E-state index is 0.0546. The van der Waals surface area contributed by atoms with Gasteiger partial charge in [0, 0.05) is 5.56 Å². The summed E-state index contributed by atoms with van der Waals surface area (Å²) in [6.07, 6.45) is 3.82. The van der Waals surface area contributed by atoms with E-state index in [1.807, 2.05) is 0 Å². The highest BCUT2D eigenvalue weighted by atomic mass is 16.6. The van der Waals surface area contributed by atoms with E-state index in [-0.39, 0.29) is 13.1 Å². The van der Waals surface area contributed by atoms with Gasteiger partial charge in [0.2, 0.25) is 0 Å². The molecule has 1 aromatic carbocycles. The van der Waals surface area contributed by atoms with Crippen molar-refractivity contribution in [3.63, 3.8) is 0 Å². The molecule has 0 bridgehead atoms. The number of ether oxygens (including phenoxy) is 1. The van der Waals surface area contributed by atoms with Crippen LogP contribution in [0.1, 0.15) is 11.1 Å². The molecule has 0 amide bonds. The van der Waals surface area contributed by atoms with Crippen molar-refractivity contribution in [1.29, 1.82) is 0 Å². The van der Waals surface area contributed by atoms with Crippen molar-refractivity contribution in [2.24, 2.45) is 0 Å². The molecule has 0 aliphatic carbocycles. The summed E-state index contributed by atoms with van der Waals surface area (Å²) in [6, 6.07) is 8.37. The minimum atomic E-state index is -0.945. The molecule has 134 valence electrons. The molecular formula is C17H15N3O6. The van der Waals surface area contributed by atoms with Crippen molar-refractivity contribution in [2.45, 2.75) is 13.1 Å². The fourth-order valence-corrected chi connectivity index (χ4v) is 2.51. The molecule has 9 nitrogen and oxygen atoms in total. The van der Waals surface area contributed by atoms with Crippen LogP contribution < -0.4 is 16.0 Å². The maximum Gasteiger partial charge on any atom is 0.350 e. The molecule has 3 rings (SSSR count). The van der Waals surface area contributed by atoms with E-state index >= 15 is 0 Å². The van der Waals surface area contributed by atoms with E-state index in [9.17, 15) is 19.7 Å². The molecule has 0 saturated heterocycles. The number of methoxy groups -OCH3 is 1. The molecule has 2 heterocycles. The van der Waals surface area contributed by atoms with Crippen LogP contribution in [-0.2, 0) is 13.1 Å². The van der Waals surface area contributed by atoms with Gasteiger partial charge in [-0.2, -0.15) is 0 Å². The number of rotatable bonds is 6. The van der Waals surface area contributed by atoms with Gasteiger partial charge in [-0.1, -0.05) is 12.1 Å². The van der Waals surface area contributed by atoms with Crippen molar-refractivity contribution in [3.8, 4) is 5.75 Å². The van der Waals surface area contributed by atoms with E-state index in [1.165, 1.54) is 19.6 Å². The molecule has 0 unspecified atom stereocenters. The number of hydrogen-bond acceptors (Lipinski definition) is 6. The Bertz CT molecular complexity index is 1030. The van der Waals surface area contributed by atoms with Crippen molar-refractivity contribution in [1.82, 2.24) is 9.13 Å². The molecule has 0 aliphatic heterocycles. The van der Waals surface area contributed by atoms with Crippen LogP contribution in [0.15, 0.2) is 63.1 Å². The lowest BCUT2D eigenvalue weighted by atomic mass is 10.2. The first-order valence-corrected chi connectivity index (χ1v) is 7.62. The minimum Gasteiger partial charge on any atom is -0.497 e. The Hall–Kier alpha value is -3.62. The van der Waals surface area contributed by atoms with Crippen LogP contribution in [0.3, 0.4) is 0 Å². The largest absolute Gasteiger partial charge is 0.497 e. The van der Waals surface area contributed by atoms with Crippen LogP contribution >= 0.6 is 0 Å². The Morgan fingerprint density at radius 3 is 2.42 bits per heavy atom. The highest BCUT2D eigenvalue weighted by Gasteiger charge is 2.20. The summed E-state index contributed by atoms with van der Waals surface area (Å²) >= 11 is 0. The third kappa shape index (κ3) is 3.41. The van der Waals surface area contributed by atoms with E-state index in [0.29, 0.717) is 16.9 Å². The quantitative estimate of drug-likeness (QED) is 0.490. The van der Waals surface area contributed by atoms with Crippen LogP contribution in [0.2, 0.25) is 0 Å². The number of nitro groups is 1. The van der Waals surface area contributed by atoms with E-state index < -0.39 is 21.9 Å². The fraction of sp³-hybridized carbons (Fsp3) is 0.176. The van der Waals surface area contributed by atoms with Crippen LogP contribution in [0.4, 0.5) is 5.69 Å². The lowest BCUT2D eigenvalue weighted by Crippen LogP contribution is -2.40. The second-order valence-corrected chi connectivity index (χ2v) is 5.55. The third-order valence-electron chi connectivity index (χ3n) is 3.85. The van der Waals surface area contributed by atoms with Crippen molar-refractivity contribution in [3.05, 3.63) is 91.1 Å². The zero-order valence-corrected chi connectivity index (χ0v) is 13.8. The van der Waals surface area contributed by atoms with Crippen LogP contribution in [0.25, 0.3) is 0 Å². The first kappa shape index (κ1) is 17.2. The number of hydrogen-bond donors (Lipinski definition) is 0. The number of aromatic nitrogens is 2. The first-order chi connectivity index (χ1) is 12.5. The zero-order chi connectivity index (χ0) is 18.7. The Morgan fingerprint density at radius 1 is 1.12 bits per heavy atom. The molecule has 0 aliphatic rings. The van der Waals surface area contributed by atoms with Gasteiger partial charge in [-0.15, -0.1) is 0 Å². The number of benzene rings is 1. The van der Waals surface area contributed by atoms with Crippen molar-refractivity contribution in [2.75, 3.05) is 7.11 Å². The Kier molecular flexibility index (Phi) is 4.70. The van der Waals surface area contributed by atoms with Gasteiger partial charge in [0.15, 0.2) is 0 Å². The summed E-state index contributed by atoms with van der Waals surface area (Å²) in [4.78, 5) is 35.5. The molecule has 0 radical (unpaired) electrons. The van der Waals surface area contributed by atoms with Crippen LogP contribution in [0.5, 0.6) is 5.75 Å². The monoisotopic (exact) mass is 357 g/mol. The predicted molar refractivity (Wildman–Crippen MR) is 91.5 cm³/mol. The SMILES string of the molecule is COc1ccc(Cn2c(=O)c([N+](=O)[O-])cn(Cc3ccoc3)c2=O)cc1. The fourth-order valence-electron chi connectivity index (χ4n) is 2.51. The molecule has 9 heteroatoms. The molecule has 26 heavy (non-hydrogen) atoms. The first-order valence-electron chi connectivity index (χ1n) is 7.62. The lowest BCUT2D eigenvalue weighted by molar-refractivity contribution is -0.387. The number of nitrogens with zero attached hydrogens (tertiary/aromatic N) is 3. The molecule has 0 fully saturated rings. The summed E-state index contributed by atoms with van der Waals surface area (Å²) in [7, 11) is 1.52. The van der Waals surface area contributed by atoms with E-state index in [2.05, 4.69) is 0 Å². The van der Waals surface area contributed by atoms with Gasteiger partial charge in [-0.3, -0.25) is 19.5 Å². The zero-order valence-electron chi connectivity index (χ0n) is 13.8. The van der Waals surface area contributed by atoms with E-state index in [0.717, 1.165) is 15.3 Å². The van der Waals surface area contributed by atoms with Gasteiger partial charge >= 0.3 is 16.9 Å². The molecule has 0 saturated carbocycles. The van der Waals surface area contributed by atoms with Gasteiger partial charge < -0.3 is 9.15 Å². The molecule has 2 aromatic heterocycles. The van der Waals surface area contributed by atoms with Gasteiger partial charge in [0.1, 0.15) is 5.75 Å². The topological polar surface area (TPSA) is 110 Å². The van der Waals surface area contributed by atoms with E-state index in [4.69, 9.17) is 9.15 Å². The van der Waals surface area contributed by atoms with Gasteiger partial charge in [0.05, 0.1) is 43.8 Å². The van der Waals surface area contributed by atoms with Crippen molar-refractivity contribution >= 4 is 5.69 Å². The summed E-state index contributed by atoms with van der Waals surface area (Å²) in [5, 5.41) is 11.2. The number of furan rings is 1. The average molecular weight is 357 g/mol. The van der Waals surface area contributed by atoms with Gasteiger partial charge in [-0.05, 0) is 23.8 Å². The van der Waals surface area contributed by atoms with E-state index in [1.54, 1.807) is 30.3 Å². The molecule has 0 atom stereocenters. The second kappa shape index (κ2) is 7.09.